The van der Waals surface area contributed by atoms with Crippen molar-refractivity contribution in [3.8, 4) is 5.75 Å². The van der Waals surface area contributed by atoms with E-state index >= 15 is 0 Å². The molecule has 0 N–H and O–H groups in total. The van der Waals surface area contributed by atoms with Gasteiger partial charge in [-0.2, -0.15) is 0 Å². The summed E-state index contributed by atoms with van der Waals surface area (Å²) in [6.45, 7) is 4.08. The fourth-order valence-electron chi connectivity index (χ4n) is 1.11. The zero-order chi connectivity index (χ0) is 12.8. The van der Waals surface area contributed by atoms with Gasteiger partial charge in [0.2, 0.25) is 0 Å². The molecule has 0 amide bonds. The van der Waals surface area contributed by atoms with Crippen molar-refractivity contribution in [3.05, 3.63) is 39.9 Å². The zero-order valence-electron chi connectivity index (χ0n) is 9.44. The third kappa shape index (κ3) is 4.67. The first-order valence-electron chi connectivity index (χ1n) is 4.88. The van der Waals surface area contributed by atoms with Crippen LogP contribution < -0.4 is 4.74 Å². The van der Waals surface area contributed by atoms with E-state index in [1.165, 1.54) is 0 Å². The quantitative estimate of drug-likeness (QED) is 0.465. The molecule has 0 aliphatic heterocycles. The number of hydrogen-bond acceptors (Lipinski definition) is 3. The number of ether oxygens (including phenoxy) is 2. The lowest BCUT2D eigenvalue weighted by Crippen LogP contribution is -2.17. The number of allylic oxidation sites excluding steroid dienone is 1. The third-order valence-electron chi connectivity index (χ3n) is 1.80. The molecule has 1 aromatic carbocycles. The first-order chi connectivity index (χ1) is 8.02. The van der Waals surface area contributed by atoms with Gasteiger partial charge in [0.1, 0.15) is 5.75 Å². The Morgan fingerprint density at radius 2 is 2.00 bits per heavy atom. The molecule has 1 rings (SSSR count). The molecule has 0 aromatic heterocycles. The second kappa shape index (κ2) is 6.52. The van der Waals surface area contributed by atoms with Crippen LogP contribution in [0, 0.1) is 0 Å². The van der Waals surface area contributed by atoms with Crippen LogP contribution >= 0.6 is 23.2 Å². The molecule has 0 heterocycles. The number of benzene rings is 1. The van der Waals surface area contributed by atoms with Crippen molar-refractivity contribution in [1.29, 1.82) is 0 Å². The van der Waals surface area contributed by atoms with Crippen molar-refractivity contribution in [2.75, 3.05) is 0 Å². The first-order valence-corrected chi connectivity index (χ1v) is 5.64. The monoisotopic (exact) mass is 274 g/mol. The lowest BCUT2D eigenvalue weighted by atomic mass is 10.3. The topological polar surface area (TPSA) is 35.5 Å². The van der Waals surface area contributed by atoms with Gasteiger partial charge in [-0.15, -0.1) is 0 Å². The summed E-state index contributed by atoms with van der Waals surface area (Å²) < 4.78 is 10.2. The smallest absolute Gasteiger partial charge is 0.296 e. The standard InChI is InChI=1S/C12H12Cl2O3/c1-8(2)5-12(16-7-15)17-9-3-4-10(13)11(14)6-9/h3-7,12H,1-2H3. The fourth-order valence-corrected chi connectivity index (χ4v) is 1.40. The molecule has 0 aliphatic carbocycles. The van der Waals surface area contributed by atoms with E-state index in [-0.39, 0.29) is 0 Å². The summed E-state index contributed by atoms with van der Waals surface area (Å²) in [5.74, 6) is 0.476. The van der Waals surface area contributed by atoms with Gasteiger partial charge in [0, 0.05) is 6.07 Å². The molecule has 0 radical (unpaired) electrons. The Hall–Kier alpha value is -1.19. The van der Waals surface area contributed by atoms with Crippen molar-refractivity contribution in [3.63, 3.8) is 0 Å². The van der Waals surface area contributed by atoms with Gasteiger partial charge in [-0.05, 0) is 32.1 Å². The molecule has 0 fully saturated rings. The Morgan fingerprint density at radius 3 is 2.53 bits per heavy atom. The van der Waals surface area contributed by atoms with Gasteiger partial charge in [-0.3, -0.25) is 4.79 Å². The summed E-state index contributed by atoms with van der Waals surface area (Å²) in [4.78, 5) is 10.3. The second-order valence-corrected chi connectivity index (χ2v) is 4.35. The number of hydrogen-bond donors (Lipinski definition) is 0. The molecule has 1 aromatic rings. The van der Waals surface area contributed by atoms with Gasteiger partial charge < -0.3 is 9.47 Å². The van der Waals surface area contributed by atoms with Gasteiger partial charge in [0.15, 0.2) is 0 Å². The van der Waals surface area contributed by atoms with Crippen LogP contribution in [0.25, 0.3) is 0 Å². The Balaban J connectivity index is 2.82. The average Bonchev–Trinajstić information content (AvgIpc) is 2.23. The average molecular weight is 275 g/mol. The zero-order valence-corrected chi connectivity index (χ0v) is 11.0. The van der Waals surface area contributed by atoms with Crippen molar-refractivity contribution in [2.45, 2.75) is 20.1 Å². The van der Waals surface area contributed by atoms with E-state index in [0.717, 1.165) is 5.57 Å². The highest BCUT2D eigenvalue weighted by molar-refractivity contribution is 6.42. The molecular weight excluding hydrogens is 263 g/mol. The van der Waals surface area contributed by atoms with Crippen LogP contribution in [0.15, 0.2) is 29.8 Å². The lowest BCUT2D eigenvalue weighted by Gasteiger charge is -2.14. The third-order valence-corrected chi connectivity index (χ3v) is 2.54. The Labute approximate surface area is 110 Å². The number of halogens is 2. The van der Waals surface area contributed by atoms with E-state index in [0.29, 0.717) is 22.3 Å². The maximum Gasteiger partial charge on any atom is 0.296 e. The Morgan fingerprint density at radius 1 is 1.29 bits per heavy atom. The van der Waals surface area contributed by atoms with Crippen LogP contribution in [-0.4, -0.2) is 12.8 Å². The molecule has 1 atom stereocenters. The molecule has 3 nitrogen and oxygen atoms in total. The van der Waals surface area contributed by atoms with Crippen molar-refractivity contribution < 1.29 is 14.3 Å². The van der Waals surface area contributed by atoms with Crippen LogP contribution in [0.3, 0.4) is 0 Å². The molecule has 0 saturated carbocycles. The molecule has 0 bridgehead atoms. The molecule has 0 spiro atoms. The van der Waals surface area contributed by atoms with E-state index in [9.17, 15) is 4.79 Å². The van der Waals surface area contributed by atoms with E-state index in [2.05, 4.69) is 0 Å². The predicted molar refractivity (Wildman–Crippen MR) is 67.5 cm³/mol. The predicted octanol–water partition coefficient (Wildman–Crippen LogP) is 3.84. The van der Waals surface area contributed by atoms with Crippen molar-refractivity contribution in [1.82, 2.24) is 0 Å². The molecular formula is C12H12Cl2O3. The minimum Gasteiger partial charge on any atom is -0.451 e. The van der Waals surface area contributed by atoms with Gasteiger partial charge in [-0.1, -0.05) is 28.8 Å². The van der Waals surface area contributed by atoms with Crippen LogP contribution in [-0.2, 0) is 9.53 Å². The normalized spacial score (nSPS) is 11.5. The maximum absolute atomic E-state index is 10.3. The summed E-state index contributed by atoms with van der Waals surface area (Å²) in [7, 11) is 0. The van der Waals surface area contributed by atoms with E-state index in [1.807, 2.05) is 13.8 Å². The van der Waals surface area contributed by atoms with Crippen LogP contribution in [0.4, 0.5) is 0 Å². The van der Waals surface area contributed by atoms with E-state index in [4.69, 9.17) is 32.7 Å². The van der Waals surface area contributed by atoms with E-state index in [1.54, 1.807) is 24.3 Å². The highest BCUT2D eigenvalue weighted by Crippen LogP contribution is 2.27. The van der Waals surface area contributed by atoms with E-state index < -0.39 is 6.29 Å². The van der Waals surface area contributed by atoms with Crippen molar-refractivity contribution in [2.24, 2.45) is 0 Å². The maximum atomic E-state index is 10.3. The summed E-state index contributed by atoms with van der Waals surface area (Å²) in [6.07, 6.45) is 0.909. The Bertz CT molecular complexity index is 426. The molecule has 5 heteroatoms. The van der Waals surface area contributed by atoms with Crippen LogP contribution in [0.2, 0.25) is 10.0 Å². The number of carbonyl (C=O) groups is 1. The van der Waals surface area contributed by atoms with Gasteiger partial charge >= 0.3 is 0 Å². The molecule has 17 heavy (non-hydrogen) atoms. The number of carbonyl (C=O) groups excluding carboxylic acids is 1. The highest BCUT2D eigenvalue weighted by Gasteiger charge is 2.08. The second-order valence-electron chi connectivity index (χ2n) is 3.54. The van der Waals surface area contributed by atoms with Gasteiger partial charge in [-0.25, -0.2) is 0 Å². The highest BCUT2D eigenvalue weighted by atomic mass is 35.5. The van der Waals surface area contributed by atoms with Crippen molar-refractivity contribution >= 4 is 29.7 Å². The molecule has 0 aliphatic rings. The SMILES string of the molecule is CC(C)=CC(OC=O)Oc1ccc(Cl)c(Cl)c1. The fraction of sp³-hybridized carbons (Fsp3) is 0.250. The lowest BCUT2D eigenvalue weighted by molar-refractivity contribution is -0.141. The minimum absolute atomic E-state index is 0.335. The Kier molecular flexibility index (Phi) is 5.32. The summed E-state index contributed by atoms with van der Waals surface area (Å²) >= 11 is 11.6. The molecule has 1 unspecified atom stereocenters. The minimum atomic E-state index is -0.769. The summed E-state index contributed by atoms with van der Waals surface area (Å²) in [5.41, 5.74) is 0.969. The van der Waals surface area contributed by atoms with Gasteiger partial charge in [0.05, 0.1) is 10.0 Å². The van der Waals surface area contributed by atoms with Crippen LogP contribution in [0.5, 0.6) is 5.75 Å². The first kappa shape index (κ1) is 13.9. The largest absolute Gasteiger partial charge is 0.451 e. The molecule has 0 saturated heterocycles. The van der Waals surface area contributed by atoms with Crippen LogP contribution in [0.1, 0.15) is 13.8 Å². The number of rotatable bonds is 5. The molecule has 92 valence electrons. The van der Waals surface area contributed by atoms with Gasteiger partial charge in [0.25, 0.3) is 12.8 Å². The summed E-state index contributed by atoms with van der Waals surface area (Å²) in [6, 6.07) is 4.82. The summed E-state index contributed by atoms with van der Waals surface area (Å²) in [5, 5.41) is 0.820.